The van der Waals surface area contributed by atoms with Crippen LogP contribution in [0.1, 0.15) is 16.7 Å². The molecule has 1 N–H and O–H groups in total. The van der Waals surface area contributed by atoms with Gasteiger partial charge in [-0.2, -0.15) is 0 Å². The van der Waals surface area contributed by atoms with Crippen molar-refractivity contribution < 1.29 is 8.42 Å². The highest BCUT2D eigenvalue weighted by atomic mass is 32.2. The zero-order valence-electron chi connectivity index (χ0n) is 15.0. The summed E-state index contributed by atoms with van der Waals surface area (Å²) in [6.07, 6.45) is 5.56. The van der Waals surface area contributed by atoms with E-state index in [-0.39, 0.29) is 6.54 Å². The maximum absolute atomic E-state index is 12.1. The van der Waals surface area contributed by atoms with Crippen LogP contribution in [0.25, 0.3) is 17.5 Å². The topological polar surface area (TPSA) is 72.0 Å². The molecule has 0 saturated heterocycles. The van der Waals surface area contributed by atoms with Crippen LogP contribution in [0.4, 0.5) is 0 Å². The molecule has 5 nitrogen and oxygen atoms in total. The number of sulfonamides is 1. The van der Waals surface area contributed by atoms with Gasteiger partial charge in [-0.15, -0.1) is 0 Å². The molecule has 3 rings (SSSR count). The van der Waals surface area contributed by atoms with Crippen molar-refractivity contribution in [1.29, 1.82) is 0 Å². The van der Waals surface area contributed by atoms with E-state index in [9.17, 15) is 8.42 Å². The monoisotopic (exact) mass is 379 g/mol. The fourth-order valence-corrected chi connectivity index (χ4v) is 3.27. The molecule has 27 heavy (non-hydrogen) atoms. The predicted molar refractivity (Wildman–Crippen MR) is 108 cm³/mol. The van der Waals surface area contributed by atoms with Gasteiger partial charge in [0.15, 0.2) is 5.82 Å². The fraction of sp³-hybridized carbons (Fsp3) is 0.143. The molecule has 0 fully saturated rings. The summed E-state index contributed by atoms with van der Waals surface area (Å²) in [6.45, 7) is 2.27. The smallest absolute Gasteiger partial charge is 0.233 e. The first-order chi connectivity index (χ1) is 13.0. The lowest BCUT2D eigenvalue weighted by atomic mass is 10.2. The third-order valence-electron chi connectivity index (χ3n) is 3.97. The third kappa shape index (κ3) is 5.84. The summed E-state index contributed by atoms with van der Waals surface area (Å²) in [7, 11) is -3.48. The molecule has 138 valence electrons. The van der Waals surface area contributed by atoms with Crippen LogP contribution in [0.2, 0.25) is 0 Å². The molecule has 0 aliphatic carbocycles. The zero-order chi connectivity index (χ0) is 19.1. The molecule has 0 aliphatic heterocycles. The highest BCUT2D eigenvalue weighted by Crippen LogP contribution is 2.13. The van der Waals surface area contributed by atoms with E-state index in [4.69, 9.17) is 0 Å². The second-order valence-corrected chi connectivity index (χ2v) is 7.83. The third-order valence-corrected chi connectivity index (χ3v) is 5.07. The van der Waals surface area contributed by atoms with Crippen molar-refractivity contribution in [1.82, 2.24) is 14.7 Å². The molecule has 0 spiro atoms. The Kier molecular flexibility index (Phi) is 6.11. The lowest BCUT2D eigenvalue weighted by molar-refractivity contribution is 0.591. The van der Waals surface area contributed by atoms with Gasteiger partial charge in [0.2, 0.25) is 10.0 Å². The van der Waals surface area contributed by atoms with Crippen molar-refractivity contribution in [3.8, 4) is 11.4 Å². The lowest BCUT2D eigenvalue weighted by Gasteiger charge is -2.04. The number of nitrogens with one attached hydrogen (secondary N) is 1. The van der Waals surface area contributed by atoms with E-state index in [1.807, 2.05) is 61.5 Å². The van der Waals surface area contributed by atoms with Crippen molar-refractivity contribution in [3.63, 3.8) is 0 Å². The van der Waals surface area contributed by atoms with Gasteiger partial charge in [-0.25, -0.2) is 23.1 Å². The standard InChI is InChI=1S/C21H21N3O2S/c1-17-7-9-18(10-8-17)12-14-27(25,26)24-13-11-19-15-22-21(23-16-19)20-5-3-2-4-6-20/h2-10,12,14-16,24H,11,13H2,1H3. The SMILES string of the molecule is Cc1ccc(C=CS(=O)(=O)NCCc2cnc(-c3ccccc3)nc2)cc1. The Labute approximate surface area is 159 Å². The van der Waals surface area contributed by atoms with Crippen LogP contribution in [0, 0.1) is 6.92 Å². The van der Waals surface area contributed by atoms with Crippen LogP contribution in [-0.2, 0) is 16.4 Å². The van der Waals surface area contributed by atoms with Crippen LogP contribution < -0.4 is 4.72 Å². The first kappa shape index (κ1) is 18.9. The summed E-state index contributed by atoms with van der Waals surface area (Å²) in [6, 6.07) is 17.4. The average molecular weight is 379 g/mol. The Bertz CT molecular complexity index is 998. The van der Waals surface area contributed by atoms with E-state index in [0.717, 1.165) is 22.3 Å². The maximum atomic E-state index is 12.1. The van der Waals surface area contributed by atoms with Gasteiger partial charge in [-0.05, 0) is 30.5 Å². The highest BCUT2D eigenvalue weighted by molar-refractivity contribution is 7.92. The van der Waals surface area contributed by atoms with E-state index >= 15 is 0 Å². The van der Waals surface area contributed by atoms with Crippen LogP contribution in [0.3, 0.4) is 0 Å². The normalized spacial score (nSPS) is 11.7. The number of aromatic nitrogens is 2. The van der Waals surface area contributed by atoms with Gasteiger partial charge in [0, 0.05) is 29.9 Å². The van der Waals surface area contributed by atoms with E-state index in [0.29, 0.717) is 12.2 Å². The molecule has 6 heteroatoms. The summed E-state index contributed by atoms with van der Waals surface area (Å²) in [4.78, 5) is 8.69. The molecular formula is C21H21N3O2S. The molecule has 0 bridgehead atoms. The van der Waals surface area contributed by atoms with Gasteiger partial charge >= 0.3 is 0 Å². The molecule has 0 aliphatic rings. The minimum absolute atomic E-state index is 0.286. The van der Waals surface area contributed by atoms with Crippen LogP contribution in [-0.4, -0.2) is 24.9 Å². The van der Waals surface area contributed by atoms with Gasteiger partial charge in [-0.1, -0.05) is 60.2 Å². The summed E-state index contributed by atoms with van der Waals surface area (Å²) < 4.78 is 26.7. The highest BCUT2D eigenvalue weighted by Gasteiger charge is 2.06. The van der Waals surface area contributed by atoms with Crippen molar-refractivity contribution in [3.05, 3.63) is 89.1 Å². The number of rotatable bonds is 7. The van der Waals surface area contributed by atoms with Gasteiger partial charge in [0.05, 0.1) is 0 Å². The molecular weight excluding hydrogens is 358 g/mol. The van der Waals surface area contributed by atoms with E-state index in [1.165, 1.54) is 5.41 Å². The number of hydrogen-bond acceptors (Lipinski definition) is 4. The first-order valence-electron chi connectivity index (χ1n) is 8.63. The number of aryl methyl sites for hydroxylation is 1. The van der Waals surface area contributed by atoms with Gasteiger partial charge in [0.1, 0.15) is 0 Å². The number of hydrogen-bond donors (Lipinski definition) is 1. The largest absolute Gasteiger partial charge is 0.236 e. The van der Waals surface area contributed by atoms with Crippen molar-refractivity contribution in [2.75, 3.05) is 6.54 Å². The van der Waals surface area contributed by atoms with Crippen LogP contribution in [0.5, 0.6) is 0 Å². The van der Waals surface area contributed by atoms with Crippen molar-refractivity contribution >= 4 is 16.1 Å². The Morgan fingerprint density at radius 2 is 1.63 bits per heavy atom. The van der Waals surface area contributed by atoms with Gasteiger partial charge in [0.25, 0.3) is 0 Å². The Balaban J connectivity index is 1.53. The molecule has 0 amide bonds. The van der Waals surface area contributed by atoms with Crippen molar-refractivity contribution in [2.45, 2.75) is 13.3 Å². The van der Waals surface area contributed by atoms with Crippen molar-refractivity contribution in [2.24, 2.45) is 0 Å². The second-order valence-electron chi connectivity index (χ2n) is 6.18. The zero-order valence-corrected chi connectivity index (χ0v) is 15.9. The summed E-state index contributed by atoms with van der Waals surface area (Å²) >= 11 is 0. The number of nitrogens with zero attached hydrogens (tertiary/aromatic N) is 2. The van der Waals surface area contributed by atoms with Crippen LogP contribution in [0.15, 0.2) is 72.4 Å². The molecule has 3 aromatic rings. The first-order valence-corrected chi connectivity index (χ1v) is 10.2. The summed E-state index contributed by atoms with van der Waals surface area (Å²) in [5, 5.41) is 1.19. The minimum atomic E-state index is -3.48. The van der Waals surface area contributed by atoms with E-state index in [1.54, 1.807) is 18.5 Å². The molecule has 1 aromatic heterocycles. The van der Waals surface area contributed by atoms with Gasteiger partial charge in [-0.3, -0.25) is 0 Å². The molecule has 0 atom stereocenters. The molecule has 2 aromatic carbocycles. The molecule has 0 unspecified atom stereocenters. The quantitative estimate of drug-likeness (QED) is 0.681. The minimum Gasteiger partial charge on any atom is -0.236 e. The Morgan fingerprint density at radius 3 is 2.30 bits per heavy atom. The summed E-state index contributed by atoms with van der Waals surface area (Å²) in [5.74, 6) is 0.654. The van der Waals surface area contributed by atoms with E-state index < -0.39 is 10.0 Å². The average Bonchev–Trinajstić information content (AvgIpc) is 2.69. The fourth-order valence-electron chi connectivity index (χ4n) is 2.45. The molecule has 1 heterocycles. The summed E-state index contributed by atoms with van der Waals surface area (Å²) in [5.41, 5.74) is 3.80. The predicted octanol–water partition coefficient (Wildman–Crippen LogP) is 3.58. The lowest BCUT2D eigenvalue weighted by Crippen LogP contribution is -2.23. The maximum Gasteiger partial charge on any atom is 0.233 e. The second kappa shape index (κ2) is 8.70. The molecule has 0 radical (unpaired) electrons. The molecule has 0 saturated carbocycles. The van der Waals surface area contributed by atoms with E-state index in [2.05, 4.69) is 14.7 Å². The van der Waals surface area contributed by atoms with Gasteiger partial charge < -0.3 is 0 Å². The Morgan fingerprint density at radius 1 is 0.963 bits per heavy atom. The number of benzene rings is 2. The van der Waals surface area contributed by atoms with Crippen LogP contribution >= 0.6 is 0 Å². The Hall–Kier alpha value is -2.83.